The second kappa shape index (κ2) is 6.70. The highest BCUT2D eigenvalue weighted by Crippen LogP contribution is 2.31. The minimum Gasteiger partial charge on any atom is -0.396 e. The molecule has 0 aliphatic carbocycles. The number of hydrogen-bond donors (Lipinski definition) is 1. The van der Waals surface area contributed by atoms with Crippen molar-refractivity contribution in [3.63, 3.8) is 0 Å². The average molecular weight is 325 g/mol. The van der Waals surface area contributed by atoms with Crippen LogP contribution in [0.5, 0.6) is 0 Å². The molecule has 1 aromatic carbocycles. The minimum absolute atomic E-state index is 0.0666. The summed E-state index contributed by atoms with van der Waals surface area (Å²) in [5.41, 5.74) is 0.880. The maximum atomic E-state index is 12.7. The van der Waals surface area contributed by atoms with Gasteiger partial charge in [-0.15, -0.1) is 11.3 Å². The molecule has 0 fully saturated rings. The first-order chi connectivity index (χ1) is 9.96. The molecule has 21 heavy (non-hydrogen) atoms. The second-order valence-corrected chi connectivity index (χ2v) is 8.34. The summed E-state index contributed by atoms with van der Waals surface area (Å²) in [5.74, 6) is 0. The third-order valence-corrected chi connectivity index (χ3v) is 6.71. The number of hydrogen-bond acceptors (Lipinski definition) is 4. The fourth-order valence-corrected chi connectivity index (χ4v) is 5.06. The molecule has 0 amide bonds. The van der Waals surface area contributed by atoms with E-state index in [0.29, 0.717) is 10.6 Å². The lowest BCUT2D eigenvalue weighted by atomic mass is 10.0. The third kappa shape index (κ3) is 3.52. The topological polar surface area (TPSA) is 57.6 Å². The summed E-state index contributed by atoms with van der Waals surface area (Å²) >= 11 is 1.26. The van der Waals surface area contributed by atoms with E-state index < -0.39 is 10.0 Å². The van der Waals surface area contributed by atoms with Crippen LogP contribution in [0.2, 0.25) is 0 Å². The van der Waals surface area contributed by atoms with Crippen molar-refractivity contribution >= 4 is 21.4 Å². The fraction of sp³-hybridized carbons (Fsp3) is 0.333. The molecule has 0 radical (unpaired) electrons. The Morgan fingerprint density at radius 3 is 2.38 bits per heavy atom. The summed E-state index contributed by atoms with van der Waals surface area (Å²) < 4.78 is 27.1. The number of aliphatic hydroxyl groups excluding tert-OH is 1. The lowest BCUT2D eigenvalue weighted by Crippen LogP contribution is -2.31. The van der Waals surface area contributed by atoms with Gasteiger partial charge in [0, 0.05) is 18.5 Å². The molecule has 0 aliphatic rings. The summed E-state index contributed by atoms with van der Waals surface area (Å²) in [5, 5.41) is 9.27. The quantitative estimate of drug-likeness (QED) is 0.888. The van der Waals surface area contributed by atoms with Gasteiger partial charge in [0.2, 0.25) is 0 Å². The molecule has 0 saturated carbocycles. The number of benzene rings is 1. The number of sulfonamides is 1. The Morgan fingerprint density at radius 2 is 1.86 bits per heavy atom. The molecular formula is C15H19NO3S2. The van der Waals surface area contributed by atoms with E-state index in [9.17, 15) is 13.5 Å². The lowest BCUT2D eigenvalue weighted by molar-refractivity contribution is 0.240. The average Bonchev–Trinajstić information content (AvgIpc) is 2.92. The van der Waals surface area contributed by atoms with E-state index in [4.69, 9.17) is 0 Å². The van der Waals surface area contributed by atoms with E-state index in [-0.39, 0.29) is 12.6 Å². The monoisotopic (exact) mass is 325 g/mol. The smallest absolute Gasteiger partial charge is 0.252 e. The Kier molecular flexibility index (Phi) is 5.16. The molecular weight excluding hydrogens is 306 g/mol. The van der Waals surface area contributed by atoms with Crippen LogP contribution in [0.15, 0.2) is 46.7 Å². The van der Waals surface area contributed by atoms with Gasteiger partial charge < -0.3 is 5.11 Å². The zero-order chi connectivity index (χ0) is 15.5. The van der Waals surface area contributed by atoms with Gasteiger partial charge >= 0.3 is 0 Å². The predicted octanol–water partition coefficient (Wildman–Crippen LogP) is 2.80. The maximum Gasteiger partial charge on any atom is 0.252 e. The summed E-state index contributed by atoms with van der Waals surface area (Å²) in [4.78, 5) is 0.959. The van der Waals surface area contributed by atoms with Gasteiger partial charge in [0.25, 0.3) is 10.0 Å². The number of aryl methyl sites for hydroxylation is 1. The molecule has 1 aromatic heterocycles. The largest absolute Gasteiger partial charge is 0.396 e. The summed E-state index contributed by atoms with van der Waals surface area (Å²) in [6, 6.07) is 12.4. The van der Waals surface area contributed by atoms with Crippen LogP contribution in [0.1, 0.15) is 22.9 Å². The van der Waals surface area contributed by atoms with E-state index >= 15 is 0 Å². The molecule has 1 heterocycles. The van der Waals surface area contributed by atoms with Crippen molar-refractivity contribution in [1.82, 2.24) is 4.31 Å². The highest BCUT2D eigenvalue weighted by atomic mass is 32.2. The Hall–Kier alpha value is -1.21. The van der Waals surface area contributed by atoms with Crippen LogP contribution in [0.4, 0.5) is 0 Å². The zero-order valence-electron chi connectivity index (χ0n) is 12.1. The van der Waals surface area contributed by atoms with E-state index in [0.717, 1.165) is 10.4 Å². The number of rotatable bonds is 6. The standard InChI is InChI=1S/C15H19NO3S2/c1-12-8-9-15(20-12)21(18,19)16(2)14(10-11-17)13-6-4-3-5-7-13/h3-9,14,17H,10-11H2,1-2H3. The molecule has 1 atom stereocenters. The van der Waals surface area contributed by atoms with Crippen molar-refractivity contribution in [2.24, 2.45) is 0 Å². The van der Waals surface area contributed by atoms with Crippen molar-refractivity contribution in [2.45, 2.75) is 23.6 Å². The Bertz CT molecular complexity index is 680. The van der Waals surface area contributed by atoms with Crippen molar-refractivity contribution in [3.8, 4) is 0 Å². The van der Waals surface area contributed by atoms with Gasteiger partial charge in [-0.3, -0.25) is 0 Å². The van der Waals surface area contributed by atoms with Crippen LogP contribution in [0.25, 0.3) is 0 Å². The first-order valence-corrected chi connectivity index (χ1v) is 8.92. The van der Waals surface area contributed by atoms with Gasteiger partial charge in [-0.2, -0.15) is 4.31 Å². The number of nitrogens with zero attached hydrogens (tertiary/aromatic N) is 1. The van der Waals surface area contributed by atoms with E-state index in [2.05, 4.69) is 0 Å². The van der Waals surface area contributed by atoms with E-state index in [1.54, 1.807) is 19.2 Å². The van der Waals surface area contributed by atoms with E-state index in [1.165, 1.54) is 15.6 Å². The van der Waals surface area contributed by atoms with E-state index in [1.807, 2.05) is 37.3 Å². The molecule has 114 valence electrons. The van der Waals surface area contributed by atoms with Gasteiger partial charge in [0.15, 0.2) is 0 Å². The molecule has 2 rings (SSSR count). The van der Waals surface area contributed by atoms with Crippen molar-refractivity contribution in [2.75, 3.05) is 13.7 Å². The molecule has 0 aliphatic heterocycles. The van der Waals surface area contributed by atoms with Gasteiger partial charge in [-0.25, -0.2) is 8.42 Å². The number of aliphatic hydroxyl groups is 1. The number of thiophene rings is 1. The van der Waals surface area contributed by atoms with Crippen LogP contribution >= 0.6 is 11.3 Å². The van der Waals surface area contributed by atoms with Crippen LogP contribution < -0.4 is 0 Å². The Morgan fingerprint density at radius 1 is 1.19 bits per heavy atom. The third-order valence-electron chi connectivity index (χ3n) is 3.37. The molecule has 0 spiro atoms. The van der Waals surface area contributed by atoms with Crippen LogP contribution in [0.3, 0.4) is 0 Å². The molecule has 6 heteroatoms. The summed E-state index contributed by atoms with van der Waals surface area (Å²) in [6.45, 7) is 1.81. The fourth-order valence-electron chi connectivity index (χ4n) is 2.22. The Balaban J connectivity index is 2.36. The Labute approximate surface area is 129 Å². The lowest BCUT2D eigenvalue weighted by Gasteiger charge is -2.27. The SMILES string of the molecule is Cc1ccc(S(=O)(=O)N(C)C(CCO)c2ccccc2)s1. The highest BCUT2D eigenvalue weighted by molar-refractivity contribution is 7.91. The van der Waals surface area contributed by atoms with Crippen LogP contribution in [0, 0.1) is 6.92 Å². The zero-order valence-corrected chi connectivity index (χ0v) is 13.7. The maximum absolute atomic E-state index is 12.7. The molecule has 1 N–H and O–H groups in total. The van der Waals surface area contributed by atoms with Crippen LogP contribution in [-0.2, 0) is 10.0 Å². The van der Waals surface area contributed by atoms with Gasteiger partial charge in [-0.1, -0.05) is 30.3 Å². The van der Waals surface area contributed by atoms with Crippen molar-refractivity contribution in [3.05, 3.63) is 52.9 Å². The van der Waals surface area contributed by atoms with Crippen molar-refractivity contribution < 1.29 is 13.5 Å². The highest BCUT2D eigenvalue weighted by Gasteiger charge is 2.29. The van der Waals surface area contributed by atoms with Crippen LogP contribution in [-0.4, -0.2) is 31.5 Å². The first-order valence-electron chi connectivity index (χ1n) is 6.67. The molecule has 0 saturated heterocycles. The van der Waals surface area contributed by atoms with Gasteiger partial charge in [0.05, 0.1) is 6.04 Å². The summed E-state index contributed by atoms with van der Waals surface area (Å²) in [7, 11) is -1.98. The first kappa shape index (κ1) is 16.2. The molecule has 1 unspecified atom stereocenters. The van der Waals surface area contributed by atoms with Crippen molar-refractivity contribution in [1.29, 1.82) is 0 Å². The second-order valence-electron chi connectivity index (χ2n) is 4.83. The normalized spacial score (nSPS) is 13.5. The van der Waals surface area contributed by atoms with Gasteiger partial charge in [-0.05, 0) is 31.0 Å². The molecule has 2 aromatic rings. The predicted molar refractivity (Wildman–Crippen MR) is 84.9 cm³/mol. The molecule has 0 bridgehead atoms. The minimum atomic E-state index is -3.55. The molecule has 4 nitrogen and oxygen atoms in total. The van der Waals surface area contributed by atoms with Gasteiger partial charge in [0.1, 0.15) is 4.21 Å². The summed E-state index contributed by atoms with van der Waals surface area (Å²) in [6.07, 6.45) is 0.365.